The van der Waals surface area contributed by atoms with Gasteiger partial charge in [-0.2, -0.15) is 0 Å². The number of thiophene rings is 1. The molecule has 2 N–H and O–H groups in total. The van der Waals surface area contributed by atoms with Gasteiger partial charge in [0, 0.05) is 17.8 Å². The average Bonchev–Trinajstić information content (AvgIpc) is 2.62. The van der Waals surface area contributed by atoms with E-state index in [0.717, 1.165) is 22.3 Å². The first-order chi connectivity index (χ1) is 7.22. The molecule has 1 amide bonds. The fourth-order valence-corrected chi connectivity index (χ4v) is 2.13. The minimum Gasteiger partial charge on any atom is -0.351 e. The van der Waals surface area contributed by atoms with Crippen LogP contribution in [-0.4, -0.2) is 19.0 Å². The second-order valence-corrected chi connectivity index (χ2v) is 4.89. The highest BCUT2D eigenvalue weighted by atomic mass is 35.5. The van der Waals surface area contributed by atoms with Crippen LogP contribution in [-0.2, 0) is 11.3 Å². The number of hydrogen-bond donors (Lipinski definition) is 2. The van der Waals surface area contributed by atoms with E-state index in [1.54, 1.807) is 0 Å². The molecule has 0 aliphatic carbocycles. The van der Waals surface area contributed by atoms with Crippen molar-refractivity contribution in [2.75, 3.05) is 13.1 Å². The second-order valence-electron chi connectivity index (χ2n) is 3.09. The van der Waals surface area contributed by atoms with E-state index in [4.69, 9.17) is 11.6 Å². The summed E-state index contributed by atoms with van der Waals surface area (Å²) in [6.45, 7) is 4.22. The van der Waals surface area contributed by atoms with Crippen LogP contribution < -0.4 is 10.6 Å². The zero-order valence-electron chi connectivity index (χ0n) is 8.68. The molecule has 0 fully saturated rings. The van der Waals surface area contributed by atoms with Crippen molar-refractivity contribution >= 4 is 28.8 Å². The number of nitrogens with one attached hydrogen (secondary N) is 2. The Morgan fingerprint density at radius 2 is 2.33 bits per heavy atom. The molecule has 0 aromatic carbocycles. The molecule has 1 rings (SSSR count). The largest absolute Gasteiger partial charge is 0.351 e. The van der Waals surface area contributed by atoms with Gasteiger partial charge in [0.15, 0.2) is 0 Å². The Labute approximate surface area is 98.8 Å². The summed E-state index contributed by atoms with van der Waals surface area (Å²) in [4.78, 5) is 12.4. The molecule has 0 bridgehead atoms. The fourth-order valence-electron chi connectivity index (χ4n) is 1.10. The number of carbonyl (C=O) groups is 1. The highest BCUT2D eigenvalue weighted by molar-refractivity contribution is 7.16. The number of amides is 1. The van der Waals surface area contributed by atoms with Crippen molar-refractivity contribution in [1.82, 2.24) is 10.6 Å². The Balaban J connectivity index is 2.16. The Morgan fingerprint density at radius 3 is 2.93 bits per heavy atom. The van der Waals surface area contributed by atoms with E-state index in [-0.39, 0.29) is 5.91 Å². The van der Waals surface area contributed by atoms with E-state index in [1.807, 2.05) is 19.1 Å². The summed E-state index contributed by atoms with van der Waals surface area (Å²) in [6.07, 6.45) is 0.521. The maximum Gasteiger partial charge on any atom is 0.221 e. The lowest BCUT2D eigenvalue weighted by molar-refractivity contribution is -0.121. The van der Waals surface area contributed by atoms with Gasteiger partial charge in [0.2, 0.25) is 5.91 Å². The predicted molar refractivity (Wildman–Crippen MR) is 64.3 cm³/mol. The number of carbonyl (C=O) groups excluding carboxylic acids is 1. The SMILES string of the molecule is CCNCCC(=O)NCc1ccc(Cl)s1. The zero-order valence-corrected chi connectivity index (χ0v) is 10.3. The van der Waals surface area contributed by atoms with Crippen LogP contribution in [0.4, 0.5) is 0 Å². The molecular weight excluding hydrogens is 232 g/mol. The lowest BCUT2D eigenvalue weighted by Gasteiger charge is -2.03. The van der Waals surface area contributed by atoms with E-state index < -0.39 is 0 Å². The van der Waals surface area contributed by atoms with Gasteiger partial charge < -0.3 is 10.6 Å². The summed E-state index contributed by atoms with van der Waals surface area (Å²) in [7, 11) is 0. The summed E-state index contributed by atoms with van der Waals surface area (Å²) in [5, 5.41) is 5.95. The van der Waals surface area contributed by atoms with Crippen molar-refractivity contribution in [3.05, 3.63) is 21.3 Å². The predicted octanol–water partition coefficient (Wildman–Crippen LogP) is 2.02. The second kappa shape index (κ2) is 6.82. The van der Waals surface area contributed by atoms with Gasteiger partial charge >= 0.3 is 0 Å². The molecule has 84 valence electrons. The maximum absolute atomic E-state index is 11.3. The van der Waals surface area contributed by atoms with E-state index >= 15 is 0 Å². The molecule has 0 unspecified atom stereocenters. The van der Waals surface area contributed by atoms with Crippen LogP contribution in [0, 0.1) is 0 Å². The third-order valence-corrected chi connectivity index (χ3v) is 3.10. The minimum atomic E-state index is 0.0699. The van der Waals surface area contributed by atoms with Gasteiger partial charge in [-0.25, -0.2) is 0 Å². The van der Waals surface area contributed by atoms with Crippen molar-refractivity contribution < 1.29 is 4.79 Å². The monoisotopic (exact) mass is 246 g/mol. The van der Waals surface area contributed by atoms with Gasteiger partial charge in [-0.1, -0.05) is 18.5 Å². The quantitative estimate of drug-likeness (QED) is 0.754. The molecule has 1 aromatic heterocycles. The van der Waals surface area contributed by atoms with Crippen LogP contribution in [0.1, 0.15) is 18.2 Å². The van der Waals surface area contributed by atoms with Crippen LogP contribution in [0.3, 0.4) is 0 Å². The van der Waals surface area contributed by atoms with Crippen molar-refractivity contribution in [2.45, 2.75) is 19.9 Å². The Morgan fingerprint density at radius 1 is 1.53 bits per heavy atom. The molecule has 0 aliphatic heterocycles. The molecule has 15 heavy (non-hydrogen) atoms. The smallest absolute Gasteiger partial charge is 0.221 e. The van der Waals surface area contributed by atoms with E-state index in [1.165, 1.54) is 11.3 Å². The van der Waals surface area contributed by atoms with Gasteiger partial charge in [0.05, 0.1) is 10.9 Å². The molecule has 0 saturated carbocycles. The van der Waals surface area contributed by atoms with Gasteiger partial charge in [-0.3, -0.25) is 4.79 Å². The van der Waals surface area contributed by atoms with Crippen LogP contribution in [0.5, 0.6) is 0 Å². The first kappa shape index (κ1) is 12.5. The first-order valence-corrected chi connectivity index (χ1v) is 6.13. The average molecular weight is 247 g/mol. The molecule has 3 nitrogen and oxygen atoms in total. The zero-order chi connectivity index (χ0) is 11.1. The van der Waals surface area contributed by atoms with Crippen molar-refractivity contribution in [3.63, 3.8) is 0 Å². The van der Waals surface area contributed by atoms with Gasteiger partial charge in [0.1, 0.15) is 0 Å². The number of halogens is 1. The Kier molecular flexibility index (Phi) is 5.68. The number of hydrogen-bond acceptors (Lipinski definition) is 3. The van der Waals surface area contributed by atoms with E-state index in [2.05, 4.69) is 10.6 Å². The van der Waals surface area contributed by atoms with Crippen molar-refractivity contribution in [3.8, 4) is 0 Å². The molecule has 0 aliphatic rings. The number of rotatable bonds is 6. The summed E-state index contributed by atoms with van der Waals surface area (Å²) < 4.78 is 0.756. The van der Waals surface area contributed by atoms with Gasteiger partial charge in [-0.05, 0) is 18.7 Å². The summed E-state index contributed by atoms with van der Waals surface area (Å²) in [6, 6.07) is 3.77. The highest BCUT2D eigenvalue weighted by Crippen LogP contribution is 2.20. The van der Waals surface area contributed by atoms with E-state index in [0.29, 0.717) is 13.0 Å². The standard InChI is InChI=1S/C10H15ClN2OS/c1-2-12-6-5-10(14)13-7-8-3-4-9(11)15-8/h3-4,12H,2,5-7H2,1H3,(H,13,14). The normalized spacial score (nSPS) is 10.3. The molecule has 1 heterocycles. The Bertz CT molecular complexity index is 314. The van der Waals surface area contributed by atoms with Gasteiger partial charge in [-0.15, -0.1) is 11.3 Å². The van der Waals surface area contributed by atoms with Gasteiger partial charge in [0.25, 0.3) is 0 Å². The molecule has 0 spiro atoms. The third-order valence-electron chi connectivity index (χ3n) is 1.87. The summed E-state index contributed by atoms with van der Waals surface area (Å²) in [5.74, 6) is 0.0699. The van der Waals surface area contributed by atoms with Crippen LogP contribution in [0.15, 0.2) is 12.1 Å². The van der Waals surface area contributed by atoms with E-state index in [9.17, 15) is 4.79 Å². The fraction of sp³-hybridized carbons (Fsp3) is 0.500. The summed E-state index contributed by atoms with van der Waals surface area (Å²) in [5.41, 5.74) is 0. The molecule has 0 radical (unpaired) electrons. The Hall–Kier alpha value is -0.580. The molecule has 1 aromatic rings. The maximum atomic E-state index is 11.3. The van der Waals surface area contributed by atoms with Crippen LogP contribution >= 0.6 is 22.9 Å². The first-order valence-electron chi connectivity index (χ1n) is 4.94. The molecule has 0 atom stereocenters. The highest BCUT2D eigenvalue weighted by Gasteiger charge is 2.02. The minimum absolute atomic E-state index is 0.0699. The van der Waals surface area contributed by atoms with Crippen LogP contribution in [0.2, 0.25) is 4.34 Å². The lowest BCUT2D eigenvalue weighted by Crippen LogP contribution is -2.26. The molecular formula is C10H15ClN2OS. The molecule has 5 heteroatoms. The molecule has 0 saturated heterocycles. The summed E-state index contributed by atoms with van der Waals surface area (Å²) >= 11 is 7.27. The topological polar surface area (TPSA) is 41.1 Å². The third kappa shape index (κ3) is 5.16. The van der Waals surface area contributed by atoms with Crippen molar-refractivity contribution in [1.29, 1.82) is 0 Å². The van der Waals surface area contributed by atoms with Crippen LogP contribution in [0.25, 0.3) is 0 Å². The lowest BCUT2D eigenvalue weighted by atomic mass is 10.4. The van der Waals surface area contributed by atoms with Crippen molar-refractivity contribution in [2.24, 2.45) is 0 Å².